The van der Waals surface area contributed by atoms with Gasteiger partial charge in [-0.1, -0.05) is 17.7 Å². The fourth-order valence-electron chi connectivity index (χ4n) is 1.81. The third kappa shape index (κ3) is 2.96. The number of amides is 1. The van der Waals surface area contributed by atoms with Crippen LogP contribution in [0.5, 0.6) is 0 Å². The van der Waals surface area contributed by atoms with E-state index in [-0.39, 0.29) is 16.7 Å². The first kappa shape index (κ1) is 12.3. The summed E-state index contributed by atoms with van der Waals surface area (Å²) in [5.41, 5.74) is -0.104. The summed E-state index contributed by atoms with van der Waals surface area (Å²) in [6.07, 6.45) is 1.95. The number of ether oxygens (including phenoxy) is 1. The van der Waals surface area contributed by atoms with Crippen molar-refractivity contribution in [3.05, 3.63) is 34.6 Å². The predicted octanol–water partition coefficient (Wildman–Crippen LogP) is 2.39. The van der Waals surface area contributed by atoms with E-state index in [4.69, 9.17) is 16.3 Å². The van der Waals surface area contributed by atoms with E-state index in [1.54, 1.807) is 0 Å². The summed E-state index contributed by atoms with van der Waals surface area (Å²) in [5, 5.41) is 2.75. The van der Waals surface area contributed by atoms with Gasteiger partial charge in [0.25, 0.3) is 5.91 Å². The van der Waals surface area contributed by atoms with Crippen LogP contribution in [0.4, 0.5) is 4.39 Å². The Balaban J connectivity index is 1.99. The average molecular weight is 258 g/mol. The van der Waals surface area contributed by atoms with Gasteiger partial charge in [-0.25, -0.2) is 4.39 Å². The normalized spacial score (nSPS) is 19.3. The van der Waals surface area contributed by atoms with Crippen molar-refractivity contribution < 1.29 is 13.9 Å². The van der Waals surface area contributed by atoms with Crippen LogP contribution < -0.4 is 5.32 Å². The number of hydrogen-bond acceptors (Lipinski definition) is 2. The van der Waals surface area contributed by atoms with E-state index >= 15 is 0 Å². The molecule has 0 radical (unpaired) electrons. The van der Waals surface area contributed by atoms with Gasteiger partial charge in [0.15, 0.2) is 0 Å². The van der Waals surface area contributed by atoms with Crippen LogP contribution >= 0.6 is 11.6 Å². The quantitative estimate of drug-likeness (QED) is 0.903. The molecule has 1 aromatic rings. The highest BCUT2D eigenvalue weighted by Crippen LogP contribution is 2.19. The van der Waals surface area contributed by atoms with E-state index < -0.39 is 11.7 Å². The molecule has 1 amide bonds. The van der Waals surface area contributed by atoms with E-state index in [1.807, 2.05) is 0 Å². The Morgan fingerprint density at radius 2 is 2.41 bits per heavy atom. The molecule has 0 aromatic heterocycles. The molecule has 1 saturated heterocycles. The molecule has 1 atom stereocenters. The zero-order valence-corrected chi connectivity index (χ0v) is 9.97. The highest BCUT2D eigenvalue weighted by Gasteiger charge is 2.19. The zero-order chi connectivity index (χ0) is 12.3. The number of hydrogen-bond donors (Lipinski definition) is 1. The minimum absolute atomic E-state index is 0.0319. The molecule has 0 aliphatic carbocycles. The topological polar surface area (TPSA) is 38.3 Å². The highest BCUT2D eigenvalue weighted by molar-refractivity contribution is 6.33. The molecule has 92 valence electrons. The van der Waals surface area contributed by atoms with Crippen LogP contribution in [-0.4, -0.2) is 25.2 Å². The minimum Gasteiger partial charge on any atom is -0.376 e. The summed E-state index contributed by atoms with van der Waals surface area (Å²) < 4.78 is 18.8. The average Bonchev–Trinajstić information content (AvgIpc) is 2.79. The number of carbonyl (C=O) groups is 1. The molecule has 0 bridgehead atoms. The Hall–Kier alpha value is -1.13. The molecule has 3 nitrogen and oxygen atoms in total. The molecule has 1 aliphatic rings. The van der Waals surface area contributed by atoms with Gasteiger partial charge in [-0.2, -0.15) is 0 Å². The lowest BCUT2D eigenvalue weighted by molar-refractivity contribution is 0.0854. The van der Waals surface area contributed by atoms with Gasteiger partial charge in [0.1, 0.15) is 5.82 Å². The van der Waals surface area contributed by atoms with E-state index in [0.29, 0.717) is 6.54 Å². The molecule has 0 unspecified atom stereocenters. The third-order valence-electron chi connectivity index (χ3n) is 2.70. The first-order chi connectivity index (χ1) is 8.18. The van der Waals surface area contributed by atoms with Crippen LogP contribution in [0.3, 0.4) is 0 Å². The molecule has 0 saturated carbocycles. The van der Waals surface area contributed by atoms with Gasteiger partial charge in [0.2, 0.25) is 0 Å². The lowest BCUT2D eigenvalue weighted by Gasteiger charge is -2.11. The van der Waals surface area contributed by atoms with Crippen molar-refractivity contribution in [3.63, 3.8) is 0 Å². The number of carbonyl (C=O) groups excluding carboxylic acids is 1. The standard InChI is InChI=1S/C12H13ClFNO2/c13-9-4-1-5-10(14)11(9)12(16)15-7-8-3-2-6-17-8/h1,4-5,8H,2-3,6-7H2,(H,15,16)/t8-/m1/s1. The van der Waals surface area contributed by atoms with Crippen LogP contribution in [-0.2, 0) is 4.74 Å². The lowest BCUT2D eigenvalue weighted by atomic mass is 10.2. The van der Waals surface area contributed by atoms with Crippen LogP contribution in [0.15, 0.2) is 18.2 Å². The number of benzene rings is 1. The second-order valence-electron chi connectivity index (χ2n) is 3.94. The first-order valence-corrected chi connectivity index (χ1v) is 5.90. The van der Waals surface area contributed by atoms with E-state index in [9.17, 15) is 9.18 Å². The molecule has 1 heterocycles. The van der Waals surface area contributed by atoms with Crippen molar-refractivity contribution in [1.82, 2.24) is 5.32 Å². The van der Waals surface area contributed by atoms with Crippen molar-refractivity contribution in [2.45, 2.75) is 18.9 Å². The molecular formula is C12H13ClFNO2. The van der Waals surface area contributed by atoms with E-state index in [2.05, 4.69) is 5.32 Å². The maximum absolute atomic E-state index is 13.4. The van der Waals surface area contributed by atoms with Crippen LogP contribution in [0.25, 0.3) is 0 Å². The Morgan fingerprint density at radius 1 is 1.59 bits per heavy atom. The van der Waals surface area contributed by atoms with Gasteiger partial charge in [0.05, 0.1) is 16.7 Å². The number of halogens is 2. The monoisotopic (exact) mass is 257 g/mol. The smallest absolute Gasteiger partial charge is 0.255 e. The molecular weight excluding hydrogens is 245 g/mol. The van der Waals surface area contributed by atoms with Crippen molar-refractivity contribution in [3.8, 4) is 0 Å². The summed E-state index contributed by atoms with van der Waals surface area (Å²) >= 11 is 5.79. The Morgan fingerprint density at radius 3 is 3.06 bits per heavy atom. The van der Waals surface area contributed by atoms with Gasteiger partial charge in [-0.15, -0.1) is 0 Å². The molecule has 5 heteroatoms. The molecule has 0 spiro atoms. The molecule has 17 heavy (non-hydrogen) atoms. The van der Waals surface area contributed by atoms with Crippen molar-refractivity contribution >= 4 is 17.5 Å². The van der Waals surface area contributed by atoms with Crippen molar-refractivity contribution in [2.75, 3.05) is 13.2 Å². The van der Waals surface area contributed by atoms with Gasteiger partial charge in [-0.05, 0) is 25.0 Å². The van der Waals surface area contributed by atoms with Gasteiger partial charge in [-0.3, -0.25) is 4.79 Å². The second kappa shape index (κ2) is 5.47. The van der Waals surface area contributed by atoms with Crippen molar-refractivity contribution in [1.29, 1.82) is 0 Å². The molecule has 1 aromatic carbocycles. The van der Waals surface area contributed by atoms with Gasteiger partial charge < -0.3 is 10.1 Å². The maximum Gasteiger partial charge on any atom is 0.255 e. The fraction of sp³-hybridized carbons (Fsp3) is 0.417. The van der Waals surface area contributed by atoms with Crippen LogP contribution in [0, 0.1) is 5.82 Å². The summed E-state index contributed by atoms with van der Waals surface area (Å²) in [4.78, 5) is 11.8. The molecule has 1 aliphatic heterocycles. The Kier molecular flexibility index (Phi) is 3.97. The number of nitrogens with one attached hydrogen (secondary N) is 1. The fourth-order valence-corrected chi connectivity index (χ4v) is 2.06. The Bertz CT molecular complexity index is 399. The van der Waals surface area contributed by atoms with E-state index in [1.165, 1.54) is 18.2 Å². The van der Waals surface area contributed by atoms with Crippen LogP contribution in [0.1, 0.15) is 23.2 Å². The second-order valence-corrected chi connectivity index (χ2v) is 4.35. The van der Waals surface area contributed by atoms with Gasteiger partial charge in [0, 0.05) is 13.2 Å². The molecule has 1 N–H and O–H groups in total. The highest BCUT2D eigenvalue weighted by atomic mass is 35.5. The SMILES string of the molecule is O=C(NC[C@H]1CCCO1)c1c(F)cccc1Cl. The van der Waals surface area contributed by atoms with Gasteiger partial charge >= 0.3 is 0 Å². The summed E-state index contributed by atoms with van der Waals surface area (Å²) in [6.45, 7) is 1.12. The molecule has 1 fully saturated rings. The maximum atomic E-state index is 13.4. The zero-order valence-electron chi connectivity index (χ0n) is 9.21. The van der Waals surface area contributed by atoms with Crippen molar-refractivity contribution in [2.24, 2.45) is 0 Å². The Labute approximate surface area is 104 Å². The lowest BCUT2D eigenvalue weighted by Crippen LogP contribution is -2.32. The minimum atomic E-state index is -0.609. The summed E-state index contributed by atoms with van der Waals surface area (Å²) in [7, 11) is 0. The molecule has 2 rings (SSSR count). The predicted molar refractivity (Wildman–Crippen MR) is 62.7 cm³/mol. The van der Waals surface area contributed by atoms with Crippen LogP contribution in [0.2, 0.25) is 5.02 Å². The summed E-state index contributed by atoms with van der Waals surface area (Å²) in [6, 6.07) is 4.17. The number of rotatable bonds is 3. The first-order valence-electron chi connectivity index (χ1n) is 5.52. The summed E-state index contributed by atoms with van der Waals surface area (Å²) in [5.74, 6) is -1.11. The third-order valence-corrected chi connectivity index (χ3v) is 3.02. The van der Waals surface area contributed by atoms with E-state index in [0.717, 1.165) is 19.4 Å². The largest absolute Gasteiger partial charge is 0.376 e.